The quantitative estimate of drug-likeness (QED) is 0.351. The first kappa shape index (κ1) is 19.0. The first-order chi connectivity index (χ1) is 13.4. The van der Waals surface area contributed by atoms with Crippen LogP contribution in [0.5, 0.6) is 0 Å². The van der Waals surface area contributed by atoms with Crippen LogP contribution in [0.3, 0.4) is 0 Å². The normalized spacial score (nSPS) is 11.3. The predicted octanol–water partition coefficient (Wildman–Crippen LogP) is 6.26. The van der Waals surface area contributed by atoms with E-state index in [0.717, 1.165) is 24.1 Å². The van der Waals surface area contributed by atoms with Crippen LogP contribution in [0.1, 0.15) is 28.1 Å². The lowest BCUT2D eigenvalue weighted by atomic mass is 10.1. The molecule has 2 nitrogen and oxygen atoms in total. The molecule has 0 atom stereocenters. The number of aryl methyl sites for hydroxylation is 2. The fraction of sp³-hybridized carbons (Fsp3) is 0.208. The number of fused-ring (bicyclic) bond motifs is 1. The Morgan fingerprint density at radius 1 is 0.750 bits per heavy atom. The summed E-state index contributed by atoms with van der Waals surface area (Å²) in [4.78, 5) is 0. The van der Waals surface area contributed by atoms with E-state index in [9.17, 15) is 0 Å². The summed E-state index contributed by atoms with van der Waals surface area (Å²) in [6.07, 6.45) is 0. The van der Waals surface area contributed by atoms with Gasteiger partial charge < -0.3 is 0 Å². The van der Waals surface area contributed by atoms with E-state index in [-0.39, 0.29) is 0 Å². The second kappa shape index (κ2) is 7.62. The molecule has 1 aromatic heterocycles. The Kier molecular flexibility index (Phi) is 5.18. The van der Waals surface area contributed by atoms with Gasteiger partial charge in [-0.3, -0.25) is 0 Å². The maximum absolute atomic E-state index is 6.37. The van der Waals surface area contributed by atoms with E-state index in [1.807, 2.05) is 12.1 Å². The Labute approximate surface area is 176 Å². The van der Waals surface area contributed by atoms with Gasteiger partial charge in [0.05, 0.1) is 10.0 Å². The highest BCUT2D eigenvalue weighted by Crippen LogP contribution is 2.28. The van der Waals surface area contributed by atoms with Crippen LogP contribution >= 0.6 is 23.2 Å². The van der Waals surface area contributed by atoms with Crippen molar-refractivity contribution in [2.24, 2.45) is 0 Å². The van der Waals surface area contributed by atoms with Crippen LogP contribution in [-0.2, 0) is 13.1 Å². The summed E-state index contributed by atoms with van der Waals surface area (Å²) in [6.45, 7) is 7.96. The van der Waals surface area contributed by atoms with E-state index in [4.69, 9.17) is 23.2 Å². The number of halogens is 2. The molecule has 142 valence electrons. The summed E-state index contributed by atoms with van der Waals surface area (Å²) in [7, 11) is 0. The van der Waals surface area contributed by atoms with Gasteiger partial charge in [0.1, 0.15) is 13.1 Å². The molecule has 3 aromatic carbocycles. The number of aromatic nitrogens is 2. The minimum Gasteiger partial charge on any atom is -0.223 e. The average molecular weight is 410 g/mol. The van der Waals surface area contributed by atoms with Gasteiger partial charge >= 0.3 is 0 Å². The molecule has 0 bridgehead atoms. The molecule has 4 rings (SSSR count). The topological polar surface area (TPSA) is 8.81 Å². The van der Waals surface area contributed by atoms with Gasteiger partial charge in [-0.05, 0) is 25.0 Å². The van der Waals surface area contributed by atoms with E-state index in [1.54, 1.807) is 0 Å². The molecule has 0 amide bonds. The number of hydrogen-bond acceptors (Lipinski definition) is 0. The molecule has 0 saturated heterocycles. The van der Waals surface area contributed by atoms with Crippen LogP contribution in [-0.4, -0.2) is 4.57 Å². The van der Waals surface area contributed by atoms with Crippen molar-refractivity contribution in [3.05, 3.63) is 98.8 Å². The highest BCUT2D eigenvalue weighted by molar-refractivity contribution is 6.42. The second-order valence-corrected chi connectivity index (χ2v) is 8.26. The van der Waals surface area contributed by atoms with Gasteiger partial charge in [-0.1, -0.05) is 82.9 Å². The molecule has 0 aliphatic heterocycles. The van der Waals surface area contributed by atoms with Crippen molar-refractivity contribution in [2.45, 2.75) is 33.9 Å². The van der Waals surface area contributed by atoms with Crippen LogP contribution in [0.25, 0.3) is 11.0 Å². The Morgan fingerprint density at radius 2 is 1.29 bits per heavy atom. The second-order valence-electron chi connectivity index (χ2n) is 7.45. The largest absolute Gasteiger partial charge is 0.254 e. The van der Waals surface area contributed by atoms with Gasteiger partial charge in [0.15, 0.2) is 11.0 Å². The summed E-state index contributed by atoms with van der Waals surface area (Å²) in [6, 6.07) is 21.3. The van der Waals surface area contributed by atoms with Crippen molar-refractivity contribution in [1.29, 1.82) is 0 Å². The summed E-state index contributed by atoms with van der Waals surface area (Å²) in [5.74, 6) is 1.18. The zero-order valence-electron chi connectivity index (χ0n) is 16.3. The third-order valence-corrected chi connectivity index (χ3v) is 6.03. The van der Waals surface area contributed by atoms with Gasteiger partial charge in [-0.2, -0.15) is 0 Å². The van der Waals surface area contributed by atoms with E-state index in [1.165, 1.54) is 28.1 Å². The highest BCUT2D eigenvalue weighted by atomic mass is 35.5. The van der Waals surface area contributed by atoms with Crippen LogP contribution in [0, 0.1) is 20.8 Å². The molecular weight excluding hydrogens is 387 g/mol. The van der Waals surface area contributed by atoms with Crippen molar-refractivity contribution >= 4 is 34.2 Å². The molecular formula is C24H23Cl2N2+. The van der Waals surface area contributed by atoms with E-state index in [0.29, 0.717) is 10.0 Å². The summed E-state index contributed by atoms with van der Waals surface area (Å²) < 4.78 is 4.63. The third-order valence-electron chi connectivity index (χ3n) is 5.30. The summed E-state index contributed by atoms with van der Waals surface area (Å²) >= 11 is 12.7. The SMILES string of the molecule is Cc1ccc(Cn2c(C)[n+](Cc3ccc(C)cc3)c3cc(Cl)c(Cl)cc32)cc1. The van der Waals surface area contributed by atoms with Crippen molar-refractivity contribution < 1.29 is 4.57 Å². The lowest BCUT2D eigenvalue weighted by Crippen LogP contribution is -2.37. The predicted molar refractivity (Wildman–Crippen MR) is 117 cm³/mol. The number of nitrogens with zero attached hydrogens (tertiary/aromatic N) is 2. The Bertz CT molecular complexity index is 1050. The van der Waals surface area contributed by atoms with Gasteiger partial charge in [0.25, 0.3) is 5.82 Å². The number of hydrogen-bond donors (Lipinski definition) is 0. The fourth-order valence-corrected chi connectivity index (χ4v) is 3.92. The number of rotatable bonds is 4. The minimum atomic E-state index is 0.583. The molecule has 0 fully saturated rings. The smallest absolute Gasteiger partial charge is 0.223 e. The molecule has 0 N–H and O–H groups in total. The summed E-state index contributed by atoms with van der Waals surface area (Å²) in [5, 5.41) is 1.17. The van der Waals surface area contributed by atoms with Gasteiger partial charge in [-0.15, -0.1) is 0 Å². The monoisotopic (exact) mass is 409 g/mol. The molecule has 0 aliphatic rings. The van der Waals surface area contributed by atoms with E-state index in [2.05, 4.69) is 78.4 Å². The Balaban J connectivity index is 1.84. The maximum Gasteiger partial charge on any atom is 0.254 e. The molecule has 0 unspecified atom stereocenters. The molecule has 1 heterocycles. The van der Waals surface area contributed by atoms with Crippen LogP contribution in [0.15, 0.2) is 60.7 Å². The zero-order valence-corrected chi connectivity index (χ0v) is 17.8. The molecule has 4 aromatic rings. The van der Waals surface area contributed by atoms with Crippen LogP contribution < -0.4 is 4.57 Å². The van der Waals surface area contributed by atoms with Crippen LogP contribution in [0.4, 0.5) is 0 Å². The lowest BCUT2D eigenvalue weighted by Gasteiger charge is -2.04. The van der Waals surface area contributed by atoms with E-state index >= 15 is 0 Å². The van der Waals surface area contributed by atoms with Crippen LogP contribution in [0.2, 0.25) is 10.0 Å². The molecule has 4 heteroatoms. The van der Waals surface area contributed by atoms with Gasteiger partial charge in [0.2, 0.25) is 0 Å². The maximum atomic E-state index is 6.37. The third kappa shape index (κ3) is 3.67. The van der Waals surface area contributed by atoms with Crippen molar-refractivity contribution in [3.8, 4) is 0 Å². The Hall–Kier alpha value is -2.29. The number of imidazole rings is 1. The first-order valence-corrected chi connectivity index (χ1v) is 10.2. The minimum absolute atomic E-state index is 0.583. The fourth-order valence-electron chi connectivity index (χ4n) is 3.60. The zero-order chi connectivity index (χ0) is 19.8. The molecule has 28 heavy (non-hydrogen) atoms. The standard InChI is InChI=1S/C24H23Cl2N2/c1-16-4-8-19(9-5-16)14-27-18(3)28(15-20-10-6-17(2)7-11-20)24-13-22(26)21(25)12-23(24)27/h4-13H,14-15H2,1-3H3/q+1. The highest BCUT2D eigenvalue weighted by Gasteiger charge is 2.23. The molecule has 0 aliphatic carbocycles. The van der Waals surface area contributed by atoms with Crippen molar-refractivity contribution in [3.63, 3.8) is 0 Å². The lowest BCUT2D eigenvalue weighted by molar-refractivity contribution is -0.669. The molecule has 0 radical (unpaired) electrons. The molecule has 0 saturated carbocycles. The first-order valence-electron chi connectivity index (χ1n) is 9.41. The average Bonchev–Trinajstić information content (AvgIpc) is 2.91. The van der Waals surface area contributed by atoms with Gasteiger partial charge in [-0.25, -0.2) is 9.13 Å². The summed E-state index contributed by atoms with van der Waals surface area (Å²) in [5.41, 5.74) is 7.25. The van der Waals surface area contributed by atoms with E-state index < -0.39 is 0 Å². The number of benzene rings is 3. The molecule has 0 spiro atoms. The van der Waals surface area contributed by atoms with Gasteiger partial charge in [0, 0.05) is 19.1 Å². The van der Waals surface area contributed by atoms with Crippen molar-refractivity contribution in [1.82, 2.24) is 4.57 Å². The van der Waals surface area contributed by atoms with Crippen molar-refractivity contribution in [2.75, 3.05) is 0 Å². The Morgan fingerprint density at radius 3 is 1.89 bits per heavy atom.